The lowest BCUT2D eigenvalue weighted by molar-refractivity contribution is 0.101. The van der Waals surface area contributed by atoms with Crippen molar-refractivity contribution in [2.45, 2.75) is 20.0 Å². The highest BCUT2D eigenvalue weighted by Crippen LogP contribution is 2.29. The zero-order valence-corrected chi connectivity index (χ0v) is 11.2. The summed E-state index contributed by atoms with van der Waals surface area (Å²) in [5, 5.41) is 1.91. The molecule has 2 rings (SSSR count). The molecule has 0 N–H and O–H groups in total. The van der Waals surface area contributed by atoms with Crippen molar-refractivity contribution in [1.82, 2.24) is 0 Å². The molecule has 0 amide bonds. The molecule has 0 saturated heterocycles. The van der Waals surface area contributed by atoms with Crippen LogP contribution in [0, 0.1) is 0 Å². The smallest absolute Gasteiger partial charge is 0.181 e. The minimum absolute atomic E-state index is 0.0213. The number of halogens is 1. The summed E-state index contributed by atoms with van der Waals surface area (Å²) < 4.78 is 5.70. The second-order valence-electron chi connectivity index (χ2n) is 4.38. The monoisotopic (exact) mass is 262 g/mol. The fourth-order valence-electron chi connectivity index (χ4n) is 1.96. The topological polar surface area (TPSA) is 26.3 Å². The maximum absolute atomic E-state index is 12.0. The van der Waals surface area contributed by atoms with Crippen LogP contribution >= 0.6 is 11.6 Å². The highest BCUT2D eigenvalue weighted by Gasteiger charge is 2.16. The van der Waals surface area contributed by atoms with Crippen molar-refractivity contribution in [3.05, 3.63) is 42.0 Å². The molecule has 0 aliphatic carbocycles. The number of hydrogen-bond donors (Lipinski definition) is 0. The summed E-state index contributed by atoms with van der Waals surface area (Å²) in [4.78, 5) is 12.0. The molecule has 0 heterocycles. The molecule has 3 heteroatoms. The number of carbonyl (C=O) groups excluding carboxylic acids is 1. The first-order chi connectivity index (χ1) is 8.63. The zero-order valence-electron chi connectivity index (χ0n) is 10.4. The van der Waals surface area contributed by atoms with Crippen LogP contribution in [-0.2, 0) is 0 Å². The molecule has 0 spiro atoms. The number of hydrogen-bond acceptors (Lipinski definition) is 2. The number of carbonyl (C=O) groups is 1. The summed E-state index contributed by atoms with van der Waals surface area (Å²) >= 11 is 5.69. The van der Waals surface area contributed by atoms with Crippen LogP contribution in [0.5, 0.6) is 5.75 Å². The van der Waals surface area contributed by atoms with E-state index in [9.17, 15) is 4.79 Å². The predicted octanol–water partition coefficient (Wildman–Crippen LogP) is 4.05. The summed E-state index contributed by atoms with van der Waals surface area (Å²) in [5.41, 5.74) is 0.580. The second-order valence-corrected chi connectivity index (χ2v) is 4.65. The van der Waals surface area contributed by atoms with Crippen molar-refractivity contribution >= 4 is 28.2 Å². The van der Waals surface area contributed by atoms with Crippen molar-refractivity contribution in [2.75, 3.05) is 5.88 Å². The second kappa shape index (κ2) is 5.40. The molecule has 0 fully saturated rings. The fraction of sp³-hybridized carbons (Fsp3) is 0.267. The lowest BCUT2D eigenvalue weighted by Crippen LogP contribution is -2.11. The molecular weight excluding hydrogens is 248 g/mol. The van der Waals surface area contributed by atoms with E-state index in [0.717, 1.165) is 10.8 Å². The highest BCUT2D eigenvalue weighted by atomic mass is 35.5. The third kappa shape index (κ3) is 2.49. The lowest BCUT2D eigenvalue weighted by atomic mass is 10.0. The maximum atomic E-state index is 12.0. The highest BCUT2D eigenvalue weighted by molar-refractivity contribution is 6.32. The van der Waals surface area contributed by atoms with Gasteiger partial charge >= 0.3 is 0 Å². The van der Waals surface area contributed by atoms with Gasteiger partial charge in [-0.2, -0.15) is 0 Å². The van der Waals surface area contributed by atoms with Gasteiger partial charge in [-0.15, -0.1) is 11.6 Å². The summed E-state index contributed by atoms with van der Waals surface area (Å²) in [6.07, 6.45) is 0.0213. The lowest BCUT2D eigenvalue weighted by Gasteiger charge is -2.15. The van der Waals surface area contributed by atoms with Crippen LogP contribution < -0.4 is 4.74 Å². The third-order valence-electron chi connectivity index (χ3n) is 2.65. The quantitative estimate of drug-likeness (QED) is 0.614. The summed E-state index contributed by atoms with van der Waals surface area (Å²) in [6, 6.07) is 11.5. The normalized spacial score (nSPS) is 10.9. The van der Waals surface area contributed by atoms with Crippen LogP contribution in [0.2, 0.25) is 0 Å². The van der Waals surface area contributed by atoms with E-state index >= 15 is 0 Å². The van der Waals surface area contributed by atoms with Crippen LogP contribution in [0.1, 0.15) is 24.2 Å². The fourth-order valence-corrected chi connectivity index (χ4v) is 2.09. The van der Waals surface area contributed by atoms with Crippen LogP contribution in [-0.4, -0.2) is 17.8 Å². The molecule has 0 aliphatic rings. The van der Waals surface area contributed by atoms with Crippen molar-refractivity contribution in [3.8, 4) is 5.75 Å². The average molecular weight is 263 g/mol. The van der Waals surface area contributed by atoms with E-state index in [1.807, 2.05) is 50.2 Å². The van der Waals surface area contributed by atoms with Crippen molar-refractivity contribution < 1.29 is 9.53 Å². The molecule has 0 saturated carbocycles. The zero-order chi connectivity index (χ0) is 13.1. The molecule has 0 atom stereocenters. The first-order valence-corrected chi connectivity index (χ1v) is 6.44. The number of ketones is 1. The number of benzene rings is 2. The minimum atomic E-state index is -0.107. The molecule has 2 nitrogen and oxygen atoms in total. The molecule has 0 aliphatic heterocycles. The number of rotatable bonds is 4. The van der Waals surface area contributed by atoms with Gasteiger partial charge in [-0.05, 0) is 30.7 Å². The maximum Gasteiger partial charge on any atom is 0.181 e. The van der Waals surface area contributed by atoms with Gasteiger partial charge in [0.2, 0.25) is 0 Å². The van der Waals surface area contributed by atoms with Crippen LogP contribution in [0.15, 0.2) is 36.4 Å². The predicted molar refractivity (Wildman–Crippen MR) is 74.8 cm³/mol. The Kier molecular flexibility index (Phi) is 3.87. The number of fused-ring (bicyclic) bond motifs is 1. The van der Waals surface area contributed by atoms with Gasteiger partial charge in [-0.1, -0.05) is 30.3 Å². The van der Waals surface area contributed by atoms with Gasteiger partial charge in [0, 0.05) is 0 Å². The van der Waals surface area contributed by atoms with Gasteiger partial charge in [-0.3, -0.25) is 4.79 Å². The Morgan fingerprint density at radius 2 is 1.94 bits per heavy atom. The molecule has 94 valence electrons. The van der Waals surface area contributed by atoms with E-state index in [1.54, 1.807) is 0 Å². The van der Waals surface area contributed by atoms with E-state index < -0.39 is 0 Å². The van der Waals surface area contributed by atoms with Crippen LogP contribution in [0.4, 0.5) is 0 Å². The van der Waals surface area contributed by atoms with Crippen molar-refractivity contribution in [1.29, 1.82) is 0 Å². The Hall–Kier alpha value is -1.54. The van der Waals surface area contributed by atoms with Gasteiger partial charge in [0.15, 0.2) is 5.78 Å². The van der Waals surface area contributed by atoms with E-state index in [0.29, 0.717) is 11.3 Å². The molecule has 0 radical (unpaired) electrons. The number of ether oxygens (including phenoxy) is 1. The van der Waals surface area contributed by atoms with Crippen LogP contribution in [0.3, 0.4) is 0 Å². The van der Waals surface area contributed by atoms with Gasteiger partial charge in [0.25, 0.3) is 0 Å². The first-order valence-electron chi connectivity index (χ1n) is 5.91. The SMILES string of the molecule is CC(C)Oc1ccc2ccccc2c1C(=O)CCl. The average Bonchev–Trinajstić information content (AvgIpc) is 2.37. The van der Waals surface area contributed by atoms with Gasteiger partial charge in [0.1, 0.15) is 5.75 Å². The molecule has 18 heavy (non-hydrogen) atoms. The van der Waals surface area contributed by atoms with Gasteiger partial charge < -0.3 is 4.74 Å². The Labute approximate surface area is 112 Å². The Balaban J connectivity index is 2.67. The van der Waals surface area contributed by atoms with Crippen molar-refractivity contribution in [2.24, 2.45) is 0 Å². The first kappa shape index (κ1) is 12.9. The Morgan fingerprint density at radius 3 is 2.61 bits per heavy atom. The summed E-state index contributed by atoms with van der Waals surface area (Å²) in [6.45, 7) is 3.87. The Bertz CT molecular complexity index is 576. The van der Waals surface area contributed by atoms with Crippen molar-refractivity contribution in [3.63, 3.8) is 0 Å². The summed E-state index contributed by atoms with van der Waals surface area (Å²) in [5.74, 6) is 0.459. The van der Waals surface area contributed by atoms with Gasteiger partial charge in [-0.25, -0.2) is 0 Å². The molecule has 2 aromatic rings. The van der Waals surface area contributed by atoms with E-state index in [-0.39, 0.29) is 17.8 Å². The van der Waals surface area contributed by atoms with E-state index in [4.69, 9.17) is 16.3 Å². The van der Waals surface area contributed by atoms with Gasteiger partial charge in [0.05, 0.1) is 17.5 Å². The molecular formula is C15H15ClO2. The minimum Gasteiger partial charge on any atom is -0.490 e. The van der Waals surface area contributed by atoms with Crippen LogP contribution in [0.25, 0.3) is 10.8 Å². The molecule has 0 bridgehead atoms. The summed E-state index contributed by atoms with van der Waals surface area (Å²) in [7, 11) is 0. The molecule has 2 aromatic carbocycles. The third-order valence-corrected chi connectivity index (χ3v) is 2.90. The Morgan fingerprint density at radius 1 is 1.22 bits per heavy atom. The largest absolute Gasteiger partial charge is 0.490 e. The van der Waals surface area contributed by atoms with E-state index in [1.165, 1.54) is 0 Å². The number of Topliss-reactive ketones (excluding diaryl/α,β-unsaturated/α-hetero) is 1. The van der Waals surface area contributed by atoms with E-state index in [2.05, 4.69) is 0 Å². The standard InChI is InChI=1S/C15H15ClO2/c1-10(2)18-14-8-7-11-5-3-4-6-12(11)15(14)13(17)9-16/h3-8,10H,9H2,1-2H3. The molecule has 0 aromatic heterocycles. The molecule has 0 unspecified atom stereocenters. The number of alkyl halides is 1.